The molecule has 0 aliphatic carbocycles. The van der Waals surface area contributed by atoms with Crippen molar-refractivity contribution in [1.82, 2.24) is 5.32 Å². The standard InChI is InChI=1S/C17H27N/c1-4-17(10-6-5-7-11-18-17)13-16-9-8-14(2)15(3)12-16/h8-9,12,18H,4-7,10-11,13H2,1-3H3. The molecule has 1 aromatic rings. The zero-order valence-electron chi connectivity index (χ0n) is 12.2. The van der Waals surface area contributed by atoms with E-state index in [-0.39, 0.29) is 0 Å². The molecule has 0 spiro atoms. The molecule has 18 heavy (non-hydrogen) atoms. The zero-order valence-corrected chi connectivity index (χ0v) is 12.2. The number of hydrogen-bond donors (Lipinski definition) is 1. The molecule has 1 aliphatic heterocycles. The molecule has 1 aromatic carbocycles. The molecule has 0 amide bonds. The highest BCUT2D eigenvalue weighted by Gasteiger charge is 2.28. The Morgan fingerprint density at radius 2 is 1.94 bits per heavy atom. The number of nitrogens with one attached hydrogen (secondary N) is 1. The average molecular weight is 245 g/mol. The van der Waals surface area contributed by atoms with Gasteiger partial charge in [-0.05, 0) is 62.8 Å². The van der Waals surface area contributed by atoms with Gasteiger partial charge < -0.3 is 5.32 Å². The van der Waals surface area contributed by atoms with Gasteiger partial charge in [0.15, 0.2) is 0 Å². The predicted molar refractivity (Wildman–Crippen MR) is 79.1 cm³/mol. The lowest BCUT2D eigenvalue weighted by molar-refractivity contribution is 0.302. The van der Waals surface area contributed by atoms with Gasteiger partial charge in [0.1, 0.15) is 0 Å². The lowest BCUT2D eigenvalue weighted by Crippen LogP contribution is -2.46. The normalized spacial score (nSPS) is 24.8. The van der Waals surface area contributed by atoms with Gasteiger partial charge in [0.05, 0.1) is 0 Å². The monoisotopic (exact) mass is 245 g/mol. The first kappa shape index (κ1) is 13.6. The maximum absolute atomic E-state index is 3.83. The third-order valence-corrected chi connectivity index (χ3v) is 4.62. The average Bonchev–Trinajstić information content (AvgIpc) is 2.60. The van der Waals surface area contributed by atoms with E-state index in [2.05, 4.69) is 44.3 Å². The van der Waals surface area contributed by atoms with Crippen LogP contribution in [-0.4, -0.2) is 12.1 Å². The Morgan fingerprint density at radius 3 is 2.67 bits per heavy atom. The van der Waals surface area contributed by atoms with E-state index in [9.17, 15) is 0 Å². The minimum atomic E-state index is 0.345. The summed E-state index contributed by atoms with van der Waals surface area (Å²) < 4.78 is 0. The minimum Gasteiger partial charge on any atom is -0.311 e. The molecular formula is C17H27N. The highest BCUT2D eigenvalue weighted by Crippen LogP contribution is 2.27. The highest BCUT2D eigenvalue weighted by molar-refractivity contribution is 5.31. The maximum Gasteiger partial charge on any atom is 0.0219 e. The summed E-state index contributed by atoms with van der Waals surface area (Å²) >= 11 is 0. The molecule has 0 aromatic heterocycles. The second kappa shape index (κ2) is 5.88. The molecule has 2 rings (SSSR count). The Bertz CT molecular complexity index is 387. The van der Waals surface area contributed by atoms with Crippen LogP contribution in [0.2, 0.25) is 0 Å². The Morgan fingerprint density at radius 1 is 1.11 bits per heavy atom. The van der Waals surface area contributed by atoms with E-state index in [1.54, 1.807) is 0 Å². The van der Waals surface area contributed by atoms with Gasteiger partial charge >= 0.3 is 0 Å². The van der Waals surface area contributed by atoms with E-state index >= 15 is 0 Å². The summed E-state index contributed by atoms with van der Waals surface area (Å²) in [6.45, 7) is 7.94. The maximum atomic E-state index is 3.83. The first-order valence-corrected chi connectivity index (χ1v) is 7.46. The minimum absolute atomic E-state index is 0.345. The van der Waals surface area contributed by atoms with Gasteiger partial charge in [-0.3, -0.25) is 0 Å². The molecule has 1 nitrogen and oxygen atoms in total. The van der Waals surface area contributed by atoms with Gasteiger partial charge in [-0.15, -0.1) is 0 Å². The van der Waals surface area contributed by atoms with Crippen LogP contribution in [0.4, 0.5) is 0 Å². The lowest BCUT2D eigenvalue weighted by Gasteiger charge is -2.33. The SMILES string of the molecule is CCC1(Cc2ccc(C)c(C)c2)CCCCCN1. The smallest absolute Gasteiger partial charge is 0.0219 e. The first-order chi connectivity index (χ1) is 8.65. The summed E-state index contributed by atoms with van der Waals surface area (Å²) in [7, 11) is 0. The molecule has 1 aliphatic rings. The van der Waals surface area contributed by atoms with Crippen molar-refractivity contribution in [3.05, 3.63) is 34.9 Å². The van der Waals surface area contributed by atoms with Crippen LogP contribution in [-0.2, 0) is 6.42 Å². The summed E-state index contributed by atoms with van der Waals surface area (Å²) in [6, 6.07) is 6.95. The van der Waals surface area contributed by atoms with Gasteiger partial charge in [0, 0.05) is 5.54 Å². The van der Waals surface area contributed by atoms with Crippen molar-refractivity contribution in [2.75, 3.05) is 6.54 Å². The van der Waals surface area contributed by atoms with E-state index in [0.717, 1.165) is 0 Å². The molecule has 1 heterocycles. The van der Waals surface area contributed by atoms with Crippen molar-refractivity contribution in [3.63, 3.8) is 0 Å². The summed E-state index contributed by atoms with van der Waals surface area (Å²) in [5, 5.41) is 3.83. The fourth-order valence-electron chi connectivity index (χ4n) is 3.09. The third kappa shape index (κ3) is 3.14. The predicted octanol–water partition coefficient (Wildman–Crippen LogP) is 4.16. The van der Waals surface area contributed by atoms with Crippen molar-refractivity contribution >= 4 is 0 Å². The lowest BCUT2D eigenvalue weighted by atomic mass is 9.83. The molecule has 1 saturated heterocycles. The van der Waals surface area contributed by atoms with Gasteiger partial charge in [0.2, 0.25) is 0 Å². The van der Waals surface area contributed by atoms with E-state index < -0.39 is 0 Å². The number of hydrogen-bond acceptors (Lipinski definition) is 1. The van der Waals surface area contributed by atoms with Crippen LogP contribution in [0.15, 0.2) is 18.2 Å². The summed E-state index contributed by atoms with van der Waals surface area (Å²) in [5.74, 6) is 0. The van der Waals surface area contributed by atoms with Crippen LogP contribution in [0.5, 0.6) is 0 Å². The van der Waals surface area contributed by atoms with Crippen LogP contribution in [0.3, 0.4) is 0 Å². The van der Waals surface area contributed by atoms with Crippen LogP contribution >= 0.6 is 0 Å². The van der Waals surface area contributed by atoms with Gasteiger partial charge in [-0.25, -0.2) is 0 Å². The Balaban J connectivity index is 2.15. The molecule has 0 radical (unpaired) electrons. The second-order valence-corrected chi connectivity index (χ2v) is 5.97. The largest absolute Gasteiger partial charge is 0.311 e. The molecule has 100 valence electrons. The molecule has 0 saturated carbocycles. The molecule has 1 atom stereocenters. The van der Waals surface area contributed by atoms with Crippen molar-refractivity contribution in [2.45, 2.75) is 64.8 Å². The molecule has 1 unspecified atom stereocenters. The number of aryl methyl sites for hydroxylation is 2. The van der Waals surface area contributed by atoms with Crippen LogP contribution in [0.1, 0.15) is 55.7 Å². The van der Waals surface area contributed by atoms with Crippen molar-refractivity contribution in [2.24, 2.45) is 0 Å². The van der Waals surface area contributed by atoms with E-state index in [1.165, 1.54) is 61.8 Å². The van der Waals surface area contributed by atoms with E-state index in [0.29, 0.717) is 5.54 Å². The molecule has 1 fully saturated rings. The number of rotatable bonds is 3. The second-order valence-electron chi connectivity index (χ2n) is 5.97. The first-order valence-electron chi connectivity index (χ1n) is 7.46. The Labute approximate surface area is 112 Å². The van der Waals surface area contributed by atoms with E-state index in [1.807, 2.05) is 0 Å². The summed E-state index contributed by atoms with van der Waals surface area (Å²) in [6.07, 6.45) is 7.86. The van der Waals surface area contributed by atoms with Crippen molar-refractivity contribution < 1.29 is 0 Å². The van der Waals surface area contributed by atoms with Crippen LogP contribution < -0.4 is 5.32 Å². The topological polar surface area (TPSA) is 12.0 Å². The van der Waals surface area contributed by atoms with Gasteiger partial charge in [0.25, 0.3) is 0 Å². The van der Waals surface area contributed by atoms with Crippen LogP contribution in [0.25, 0.3) is 0 Å². The van der Waals surface area contributed by atoms with E-state index in [4.69, 9.17) is 0 Å². The highest BCUT2D eigenvalue weighted by atomic mass is 15.0. The quantitative estimate of drug-likeness (QED) is 0.843. The molecule has 0 bridgehead atoms. The van der Waals surface area contributed by atoms with Gasteiger partial charge in [-0.1, -0.05) is 38.0 Å². The van der Waals surface area contributed by atoms with Crippen molar-refractivity contribution in [1.29, 1.82) is 0 Å². The molecular weight excluding hydrogens is 218 g/mol. The third-order valence-electron chi connectivity index (χ3n) is 4.62. The fourth-order valence-corrected chi connectivity index (χ4v) is 3.09. The fraction of sp³-hybridized carbons (Fsp3) is 0.647. The van der Waals surface area contributed by atoms with Crippen LogP contribution in [0, 0.1) is 13.8 Å². The summed E-state index contributed by atoms with van der Waals surface area (Å²) in [5.41, 5.74) is 4.66. The van der Waals surface area contributed by atoms with Gasteiger partial charge in [-0.2, -0.15) is 0 Å². The molecule has 1 heteroatoms. The summed E-state index contributed by atoms with van der Waals surface area (Å²) in [4.78, 5) is 0. The Kier molecular flexibility index (Phi) is 4.45. The zero-order chi connectivity index (χ0) is 13.0. The van der Waals surface area contributed by atoms with Crippen molar-refractivity contribution in [3.8, 4) is 0 Å². The number of benzene rings is 1. The molecule has 1 N–H and O–H groups in total. The Hall–Kier alpha value is -0.820.